The third-order valence-corrected chi connectivity index (χ3v) is 3.29. The average molecular weight is 281 g/mol. The molecule has 1 aliphatic rings. The first-order valence-electron chi connectivity index (χ1n) is 5.70. The first-order chi connectivity index (χ1) is 8.09. The number of nitrogens with one attached hydrogen (secondary N) is 1. The molecule has 1 heterocycles. The topological polar surface area (TPSA) is 38.0 Å². The van der Waals surface area contributed by atoms with Crippen LogP contribution in [0.3, 0.4) is 0 Å². The number of benzene rings is 1. The maximum absolute atomic E-state index is 13.5. The summed E-state index contributed by atoms with van der Waals surface area (Å²) in [7, 11) is 0. The highest BCUT2D eigenvalue weighted by Gasteiger charge is 2.25. The quantitative estimate of drug-likeness (QED) is 0.817. The Kier molecular flexibility index (Phi) is 5.44. The molecule has 18 heavy (non-hydrogen) atoms. The maximum Gasteiger partial charge on any atom is 0.161 e. The van der Waals surface area contributed by atoms with Crippen molar-refractivity contribution in [2.24, 2.45) is 11.7 Å². The molecule has 2 nitrogen and oxygen atoms in total. The van der Waals surface area contributed by atoms with Gasteiger partial charge in [-0.1, -0.05) is 0 Å². The van der Waals surface area contributed by atoms with Crippen molar-refractivity contribution in [2.75, 3.05) is 13.1 Å². The third-order valence-electron chi connectivity index (χ3n) is 3.29. The summed E-state index contributed by atoms with van der Waals surface area (Å²) in [4.78, 5) is 0. The van der Waals surface area contributed by atoms with E-state index in [-0.39, 0.29) is 23.9 Å². The van der Waals surface area contributed by atoms with Gasteiger partial charge in [-0.15, -0.1) is 12.4 Å². The lowest BCUT2D eigenvalue weighted by Gasteiger charge is -2.28. The Morgan fingerprint density at radius 3 is 2.22 bits per heavy atom. The lowest BCUT2D eigenvalue weighted by atomic mass is 9.86. The molecule has 1 aliphatic heterocycles. The van der Waals surface area contributed by atoms with Gasteiger partial charge in [0.15, 0.2) is 11.6 Å². The van der Waals surface area contributed by atoms with Gasteiger partial charge in [0.05, 0.1) is 0 Å². The van der Waals surface area contributed by atoms with Crippen molar-refractivity contribution in [3.63, 3.8) is 0 Å². The summed E-state index contributed by atoms with van der Waals surface area (Å²) in [5.41, 5.74) is 6.00. The Morgan fingerprint density at radius 1 is 1.06 bits per heavy atom. The number of piperidine rings is 1. The Morgan fingerprint density at radius 2 is 1.61 bits per heavy atom. The van der Waals surface area contributed by atoms with Gasteiger partial charge in [0.2, 0.25) is 0 Å². The minimum atomic E-state index is -1.18. The Bertz CT molecular complexity index is 409. The molecule has 1 aromatic carbocycles. The molecule has 102 valence electrons. The van der Waals surface area contributed by atoms with E-state index in [1.165, 1.54) is 0 Å². The second kappa shape index (κ2) is 6.41. The molecule has 2 rings (SSSR count). The smallest absolute Gasteiger partial charge is 0.161 e. The average Bonchev–Trinajstić information content (AvgIpc) is 2.34. The highest BCUT2D eigenvalue weighted by atomic mass is 35.5. The fourth-order valence-electron chi connectivity index (χ4n) is 2.25. The van der Waals surface area contributed by atoms with Crippen LogP contribution in [0.2, 0.25) is 0 Å². The number of nitrogens with two attached hydrogens (primary N) is 1. The third kappa shape index (κ3) is 3.16. The molecular weight excluding hydrogens is 265 g/mol. The second-order valence-electron chi connectivity index (χ2n) is 4.40. The Hall–Kier alpha value is -0.780. The largest absolute Gasteiger partial charge is 0.324 e. The fourth-order valence-corrected chi connectivity index (χ4v) is 2.25. The van der Waals surface area contributed by atoms with Crippen molar-refractivity contribution < 1.29 is 13.2 Å². The molecule has 0 spiro atoms. The van der Waals surface area contributed by atoms with E-state index in [0.717, 1.165) is 32.0 Å². The first kappa shape index (κ1) is 15.3. The van der Waals surface area contributed by atoms with Crippen LogP contribution in [-0.2, 0) is 0 Å². The van der Waals surface area contributed by atoms with E-state index in [9.17, 15) is 13.2 Å². The SMILES string of the molecule is Cl.N[C@@H](c1cc(F)c(F)cc1F)C1CCNCC1. The first-order valence-corrected chi connectivity index (χ1v) is 5.70. The monoisotopic (exact) mass is 280 g/mol. The summed E-state index contributed by atoms with van der Waals surface area (Å²) in [6.45, 7) is 1.65. The van der Waals surface area contributed by atoms with Crippen LogP contribution in [0.4, 0.5) is 13.2 Å². The lowest BCUT2D eigenvalue weighted by Crippen LogP contribution is -2.34. The minimum Gasteiger partial charge on any atom is -0.324 e. The summed E-state index contributed by atoms with van der Waals surface area (Å²) in [5.74, 6) is -2.89. The van der Waals surface area contributed by atoms with Gasteiger partial charge in [0.1, 0.15) is 5.82 Å². The molecular formula is C12H16ClF3N2. The van der Waals surface area contributed by atoms with Crippen LogP contribution in [0.25, 0.3) is 0 Å². The minimum absolute atomic E-state index is 0. The number of hydrogen-bond donors (Lipinski definition) is 2. The molecule has 0 aliphatic carbocycles. The van der Waals surface area contributed by atoms with E-state index >= 15 is 0 Å². The van der Waals surface area contributed by atoms with Crippen molar-refractivity contribution in [3.8, 4) is 0 Å². The molecule has 6 heteroatoms. The normalized spacial score (nSPS) is 18.2. The zero-order valence-corrected chi connectivity index (χ0v) is 10.6. The molecule has 0 bridgehead atoms. The van der Waals surface area contributed by atoms with Gasteiger partial charge < -0.3 is 11.1 Å². The summed E-state index contributed by atoms with van der Waals surface area (Å²) >= 11 is 0. The van der Waals surface area contributed by atoms with Crippen molar-refractivity contribution in [3.05, 3.63) is 35.1 Å². The molecule has 1 atom stereocenters. The molecule has 1 saturated heterocycles. The van der Waals surface area contributed by atoms with Gasteiger partial charge >= 0.3 is 0 Å². The fraction of sp³-hybridized carbons (Fsp3) is 0.500. The van der Waals surface area contributed by atoms with E-state index in [1.54, 1.807) is 0 Å². The van der Waals surface area contributed by atoms with Crippen molar-refractivity contribution in [2.45, 2.75) is 18.9 Å². The maximum atomic E-state index is 13.5. The summed E-state index contributed by atoms with van der Waals surface area (Å²) < 4.78 is 39.4. The standard InChI is InChI=1S/C12H15F3N2.ClH/c13-9-6-11(15)10(14)5-8(9)12(16)7-1-3-17-4-2-7;/h5-7,12,17H,1-4,16H2;1H/t12-;/m1./s1. The molecule has 0 amide bonds. The molecule has 0 unspecified atom stereocenters. The van der Waals surface area contributed by atoms with Crippen LogP contribution in [0.1, 0.15) is 24.4 Å². The van der Waals surface area contributed by atoms with Crippen molar-refractivity contribution in [1.29, 1.82) is 0 Å². The van der Waals surface area contributed by atoms with Gasteiger partial charge in [-0.3, -0.25) is 0 Å². The van der Waals surface area contributed by atoms with Crippen LogP contribution < -0.4 is 11.1 Å². The van der Waals surface area contributed by atoms with E-state index in [0.29, 0.717) is 6.07 Å². The molecule has 1 fully saturated rings. The van der Waals surface area contributed by atoms with Gasteiger partial charge in [-0.2, -0.15) is 0 Å². The lowest BCUT2D eigenvalue weighted by molar-refractivity contribution is 0.315. The molecule has 1 aromatic rings. The predicted molar refractivity (Wildman–Crippen MR) is 66.1 cm³/mol. The van der Waals surface area contributed by atoms with E-state index < -0.39 is 23.5 Å². The van der Waals surface area contributed by atoms with Crippen LogP contribution in [-0.4, -0.2) is 13.1 Å². The number of rotatable bonds is 2. The zero-order chi connectivity index (χ0) is 12.4. The van der Waals surface area contributed by atoms with E-state index in [1.807, 2.05) is 0 Å². The summed E-state index contributed by atoms with van der Waals surface area (Å²) in [6, 6.07) is 0.857. The highest BCUT2D eigenvalue weighted by Crippen LogP contribution is 2.29. The van der Waals surface area contributed by atoms with Crippen LogP contribution in [0, 0.1) is 23.4 Å². The number of hydrogen-bond acceptors (Lipinski definition) is 2. The van der Waals surface area contributed by atoms with Crippen LogP contribution in [0.15, 0.2) is 12.1 Å². The van der Waals surface area contributed by atoms with Crippen molar-refractivity contribution >= 4 is 12.4 Å². The second-order valence-corrected chi connectivity index (χ2v) is 4.40. The Balaban J connectivity index is 0.00000162. The van der Waals surface area contributed by atoms with Crippen LogP contribution >= 0.6 is 12.4 Å². The van der Waals surface area contributed by atoms with E-state index in [4.69, 9.17) is 5.73 Å². The molecule has 0 aromatic heterocycles. The Labute approximate surface area is 110 Å². The zero-order valence-electron chi connectivity index (χ0n) is 9.76. The van der Waals surface area contributed by atoms with E-state index in [2.05, 4.69) is 5.32 Å². The van der Waals surface area contributed by atoms with Gasteiger partial charge in [0, 0.05) is 17.7 Å². The predicted octanol–water partition coefficient (Wildman–Crippen LogP) is 2.53. The van der Waals surface area contributed by atoms with Gasteiger partial charge in [0.25, 0.3) is 0 Å². The van der Waals surface area contributed by atoms with Crippen LogP contribution in [0.5, 0.6) is 0 Å². The molecule has 0 radical (unpaired) electrons. The summed E-state index contributed by atoms with van der Waals surface area (Å²) in [5, 5.41) is 3.17. The van der Waals surface area contributed by atoms with Crippen molar-refractivity contribution in [1.82, 2.24) is 5.32 Å². The highest BCUT2D eigenvalue weighted by molar-refractivity contribution is 5.85. The number of halogens is 4. The van der Waals surface area contributed by atoms with Gasteiger partial charge in [-0.25, -0.2) is 13.2 Å². The summed E-state index contributed by atoms with van der Waals surface area (Å²) in [6.07, 6.45) is 1.64. The molecule has 0 saturated carbocycles. The van der Waals surface area contributed by atoms with Gasteiger partial charge in [-0.05, 0) is 37.9 Å². The molecule has 3 N–H and O–H groups in total.